The van der Waals surface area contributed by atoms with Crippen molar-refractivity contribution in [3.8, 4) is 87.4 Å². The maximum Gasteiger partial charge on any atom is 0.514 e. The van der Waals surface area contributed by atoms with E-state index in [0.717, 1.165) is 116 Å². The van der Waals surface area contributed by atoms with Crippen LogP contribution in [0.25, 0.3) is 0 Å². The van der Waals surface area contributed by atoms with Crippen LogP contribution in [0.15, 0.2) is 183 Å². The molecule has 0 spiro atoms. The van der Waals surface area contributed by atoms with Crippen molar-refractivity contribution in [1.82, 2.24) is 0 Å². The van der Waals surface area contributed by atoms with Gasteiger partial charge >= 0.3 is 12.3 Å². The molecule has 17 heteroatoms. The van der Waals surface area contributed by atoms with E-state index in [4.69, 9.17) is 49.4 Å². The Balaban J connectivity index is 0.00000120. The van der Waals surface area contributed by atoms with Crippen molar-refractivity contribution in [2.45, 2.75) is 179 Å². The van der Waals surface area contributed by atoms with Gasteiger partial charge in [0, 0.05) is 47.4 Å². The molecule has 0 aliphatic carbocycles. The number of phenolic OH excluding ortho intramolecular Hbond substituents is 1. The molecule has 1 atom stereocenters. The standard InChI is InChI=1S/C22H24O4.C16H22O.C14H20OSi.C10H11BrO3.C9H11BrO.C6H5BrO.C5H10Si.C3H7Br/c1-5-16-24-19-12-8-17(9-13-19)6-7-18-10-14-20(15-11-18)25-21(23)26-22(2,3)4;1-4-13-17-16-11-9-15(10-12-16)8-6-7-14(3)5-2;1-5-11-15-14-8-6-13(7-9-14)10-12-16(2,3)4;1-7(2)13-10(12)14-9-5-3-8(11)4-6-9;1-2-7-11-9-5-3-8(10)4-6-9;7-5-1-3-6(8)4-2-5;1-5-6(2,3)4;1-2-3-4/h8-15H,5,16H2,1-4H3;9-12,14H,4-5,7,13H2,1-3H3;6-9H,5,11H2,1-4H3;3-7H,1-2H3;3-6H,2,7H2,1H3;1-4,8H;1H,2-4H3;2-3H2,1H3. The number of hydrogen-bond acceptors (Lipinski definition) is 11. The Labute approximate surface area is 649 Å². The molecule has 0 amide bonds. The first-order valence-corrected chi connectivity index (χ1v) is 45.0. The number of alkyl halides is 1. The number of phenols is 1. The second kappa shape index (κ2) is 56.2. The fraction of sp³-hybridized carbons (Fsp3) is 0.388. The first-order chi connectivity index (χ1) is 48.3. The molecule has 7 aromatic carbocycles. The highest BCUT2D eigenvalue weighted by atomic mass is 79.9. The minimum Gasteiger partial charge on any atom is -0.508 e. The number of hydrogen-bond donors (Lipinski definition) is 1. The fourth-order valence-electron chi connectivity index (χ4n) is 6.42. The molecule has 0 radical (unpaired) electrons. The average molecular weight is 1680 g/mol. The molecule has 0 aliphatic heterocycles. The highest BCUT2D eigenvalue weighted by Gasteiger charge is 2.18. The number of terminal acetylenes is 1. The Morgan fingerprint density at radius 2 is 0.745 bits per heavy atom. The van der Waals surface area contributed by atoms with Gasteiger partial charge in [0.1, 0.15) is 62.0 Å². The van der Waals surface area contributed by atoms with Crippen LogP contribution in [0.2, 0.25) is 39.3 Å². The Hall–Kier alpha value is -7.33. The summed E-state index contributed by atoms with van der Waals surface area (Å²) in [7, 11) is -2.37. The van der Waals surface area contributed by atoms with Gasteiger partial charge in [0.25, 0.3) is 0 Å². The van der Waals surface area contributed by atoms with Crippen molar-refractivity contribution < 1.29 is 52.6 Å². The Morgan fingerprint density at radius 3 is 1.03 bits per heavy atom. The predicted octanol–water partition coefficient (Wildman–Crippen LogP) is 25.2. The molecule has 11 nitrogen and oxygen atoms in total. The molecular weight excluding hydrogens is 1570 g/mol. The van der Waals surface area contributed by atoms with Crippen LogP contribution < -0.4 is 28.4 Å². The predicted molar refractivity (Wildman–Crippen MR) is 446 cm³/mol. The zero-order valence-electron chi connectivity index (χ0n) is 63.4. The van der Waals surface area contributed by atoms with Crippen molar-refractivity contribution in [2.75, 3.05) is 31.8 Å². The maximum absolute atomic E-state index is 11.6. The van der Waals surface area contributed by atoms with Crippen molar-refractivity contribution in [1.29, 1.82) is 0 Å². The number of carbonyl (C=O) groups excluding carboxylic acids is 2. The summed E-state index contributed by atoms with van der Waals surface area (Å²) in [5.74, 6) is 21.3. The quantitative estimate of drug-likeness (QED) is 0.0290. The van der Waals surface area contributed by atoms with E-state index >= 15 is 0 Å². The van der Waals surface area contributed by atoms with Gasteiger partial charge in [-0.3, -0.25) is 0 Å². The lowest BCUT2D eigenvalue weighted by atomic mass is 10.1. The average Bonchev–Trinajstić information content (AvgIpc) is 0.894. The highest BCUT2D eigenvalue weighted by molar-refractivity contribution is 9.11. The first-order valence-electron chi connectivity index (χ1n) is 34.5. The van der Waals surface area contributed by atoms with E-state index < -0.39 is 34.1 Å². The molecule has 7 rings (SSSR count). The molecule has 102 heavy (non-hydrogen) atoms. The van der Waals surface area contributed by atoms with Gasteiger partial charge in [-0.1, -0.05) is 187 Å². The highest BCUT2D eigenvalue weighted by Crippen LogP contribution is 2.21. The monoisotopic (exact) mass is 1680 g/mol. The van der Waals surface area contributed by atoms with Gasteiger partial charge in [0.15, 0.2) is 0 Å². The smallest absolute Gasteiger partial charge is 0.508 e. The largest absolute Gasteiger partial charge is 0.514 e. The van der Waals surface area contributed by atoms with Crippen molar-refractivity contribution in [2.24, 2.45) is 5.92 Å². The summed E-state index contributed by atoms with van der Waals surface area (Å²) in [6, 6.07) is 52.4. The van der Waals surface area contributed by atoms with Crippen LogP contribution in [0.3, 0.4) is 0 Å². The van der Waals surface area contributed by atoms with Crippen molar-refractivity contribution in [3.05, 3.63) is 206 Å². The van der Waals surface area contributed by atoms with E-state index in [0.29, 0.717) is 29.8 Å². The van der Waals surface area contributed by atoms with E-state index in [2.05, 4.69) is 192 Å². The lowest BCUT2D eigenvalue weighted by Crippen LogP contribution is -2.25. The number of carbonyl (C=O) groups is 2. The van der Waals surface area contributed by atoms with Gasteiger partial charge in [-0.05, 0) is 242 Å². The third kappa shape index (κ3) is 55.3. The summed E-state index contributed by atoms with van der Waals surface area (Å²) in [5, 5.41) is 9.87. The summed E-state index contributed by atoms with van der Waals surface area (Å²) < 4.78 is 44.9. The molecule has 1 N–H and O–H groups in total. The maximum atomic E-state index is 11.6. The first kappa shape index (κ1) is 94.7. The molecule has 0 fully saturated rings. The molecular formula is C85H110Br4O11Si2. The Kier molecular flexibility index (Phi) is 52.1. The van der Waals surface area contributed by atoms with Crippen LogP contribution in [0, 0.1) is 53.0 Å². The van der Waals surface area contributed by atoms with Crippen LogP contribution in [0.1, 0.15) is 150 Å². The number of benzene rings is 7. The summed E-state index contributed by atoms with van der Waals surface area (Å²) in [4.78, 5) is 22.7. The summed E-state index contributed by atoms with van der Waals surface area (Å²) in [6.07, 6.45) is 11.1. The molecule has 0 saturated heterocycles. The van der Waals surface area contributed by atoms with Crippen LogP contribution in [-0.4, -0.2) is 77.0 Å². The second-order valence-corrected chi connectivity index (χ2v) is 38.9. The number of halogens is 4. The van der Waals surface area contributed by atoms with Gasteiger partial charge in [-0.25, -0.2) is 9.59 Å². The zero-order chi connectivity index (χ0) is 76.8. The van der Waals surface area contributed by atoms with Gasteiger partial charge in [0.2, 0.25) is 0 Å². The Bertz CT molecular complexity index is 3560. The van der Waals surface area contributed by atoms with Gasteiger partial charge < -0.3 is 43.0 Å². The molecule has 0 heterocycles. The van der Waals surface area contributed by atoms with Crippen LogP contribution in [0.4, 0.5) is 9.59 Å². The molecule has 1 unspecified atom stereocenters. The minimum atomic E-state index is -1.27. The van der Waals surface area contributed by atoms with Gasteiger partial charge in [-0.2, -0.15) is 0 Å². The molecule has 0 aromatic heterocycles. The summed E-state index contributed by atoms with van der Waals surface area (Å²) >= 11 is 13.1. The lowest BCUT2D eigenvalue weighted by molar-refractivity contribution is 0.0205. The molecule has 0 saturated carbocycles. The zero-order valence-corrected chi connectivity index (χ0v) is 71.8. The van der Waals surface area contributed by atoms with E-state index in [-0.39, 0.29) is 6.10 Å². The third-order valence-corrected chi connectivity index (χ3v) is 15.9. The molecule has 7 aromatic rings. The summed E-state index contributed by atoms with van der Waals surface area (Å²) in [6.45, 7) is 40.1. The van der Waals surface area contributed by atoms with Crippen LogP contribution in [-0.2, 0) is 9.47 Å². The number of rotatable bonds is 18. The van der Waals surface area contributed by atoms with Crippen LogP contribution in [0.5, 0.6) is 40.2 Å². The lowest BCUT2D eigenvalue weighted by Gasteiger charge is -2.18. The molecule has 0 bridgehead atoms. The fourth-order valence-corrected chi connectivity index (χ4v) is 7.73. The van der Waals surface area contributed by atoms with E-state index in [9.17, 15) is 9.59 Å². The van der Waals surface area contributed by atoms with E-state index in [1.807, 2.05) is 97.1 Å². The SMILES string of the molecule is C#C[Si](C)(C)C.CC(C)OC(=O)Oc1ccc(Br)cc1.CCCBr.CCCOc1ccc(Br)cc1.CCCOc1ccc(C#CCC(C)CC)cc1.CCCOc1ccc(C#C[Si](C)(C)C)cc1.CCCOc1ccc(C#Cc2ccc(OC(=O)OC(C)(C)C)cc2)cc1.Oc1ccc(Br)cc1. The van der Waals surface area contributed by atoms with Crippen LogP contribution >= 0.6 is 63.7 Å². The van der Waals surface area contributed by atoms with Crippen molar-refractivity contribution >= 4 is 92.2 Å². The normalized spacial score (nSPS) is 10.3. The van der Waals surface area contributed by atoms with Gasteiger partial charge in [-0.15, -0.1) is 17.5 Å². The van der Waals surface area contributed by atoms with E-state index in [1.165, 1.54) is 12.8 Å². The summed E-state index contributed by atoms with van der Waals surface area (Å²) in [5.41, 5.74) is 9.38. The Morgan fingerprint density at radius 1 is 0.451 bits per heavy atom. The van der Waals surface area contributed by atoms with Gasteiger partial charge in [0.05, 0.1) is 32.5 Å². The molecule has 552 valence electrons. The topological polar surface area (TPSA) is 128 Å². The second-order valence-electron chi connectivity index (χ2n) is 25.8. The number of aromatic hydroxyl groups is 1. The van der Waals surface area contributed by atoms with E-state index in [1.54, 1.807) is 107 Å². The minimum absolute atomic E-state index is 0.169. The number of ether oxygens (including phenoxy) is 8. The third-order valence-electron chi connectivity index (χ3n) is 11.8. The van der Waals surface area contributed by atoms with Crippen molar-refractivity contribution in [3.63, 3.8) is 0 Å². The molecule has 0 aliphatic rings.